The fraction of sp³-hybridized carbons (Fsp3) is 0.667. The Morgan fingerprint density at radius 1 is 1.35 bits per heavy atom. The minimum absolute atomic E-state index is 0.599. The molecule has 2 aromatic heterocycles. The molecule has 2 heterocycles. The van der Waals surface area contributed by atoms with Crippen LogP contribution in [0.5, 0.6) is 0 Å². The molecule has 0 N–H and O–H groups in total. The van der Waals surface area contributed by atoms with Gasteiger partial charge in [0.1, 0.15) is 6.54 Å². The summed E-state index contributed by atoms with van der Waals surface area (Å²) >= 11 is 0. The lowest BCUT2D eigenvalue weighted by molar-refractivity contribution is 0.361. The van der Waals surface area contributed by atoms with Gasteiger partial charge in [-0.3, -0.25) is 0 Å². The van der Waals surface area contributed by atoms with E-state index in [1.807, 2.05) is 6.33 Å². The van der Waals surface area contributed by atoms with Crippen LogP contribution in [0.2, 0.25) is 0 Å². The molecule has 5 nitrogen and oxygen atoms in total. The van der Waals surface area contributed by atoms with Gasteiger partial charge < -0.3 is 9.09 Å². The maximum atomic E-state index is 5.36. The number of aromatic nitrogens is 4. The molecule has 108 valence electrons. The summed E-state index contributed by atoms with van der Waals surface area (Å²) in [6, 6.07) is 0. The molecular formula is C15H22N4O. The van der Waals surface area contributed by atoms with Crippen LogP contribution in [0.4, 0.5) is 0 Å². The first-order valence-corrected chi connectivity index (χ1v) is 7.60. The first-order chi connectivity index (χ1) is 9.76. The molecule has 1 atom stereocenters. The van der Waals surface area contributed by atoms with Crippen LogP contribution in [0.3, 0.4) is 0 Å². The Hall–Kier alpha value is -1.65. The van der Waals surface area contributed by atoms with Crippen molar-refractivity contribution < 1.29 is 4.52 Å². The fourth-order valence-electron chi connectivity index (χ4n) is 2.71. The topological polar surface area (TPSA) is 56.7 Å². The molecule has 1 aliphatic rings. The van der Waals surface area contributed by atoms with Crippen LogP contribution in [-0.4, -0.2) is 19.7 Å². The minimum Gasteiger partial charge on any atom is -0.337 e. The van der Waals surface area contributed by atoms with Gasteiger partial charge in [-0.05, 0) is 31.6 Å². The molecular weight excluding hydrogens is 252 g/mol. The van der Waals surface area contributed by atoms with Crippen molar-refractivity contribution >= 4 is 0 Å². The number of nitrogens with zero attached hydrogens (tertiary/aromatic N) is 4. The van der Waals surface area contributed by atoms with Crippen molar-refractivity contribution in [3.05, 3.63) is 29.4 Å². The SMILES string of the molecule is CCC(C)Cc1noc(Cn2cnc3c2CCCC3)n1. The maximum absolute atomic E-state index is 5.36. The standard InChI is InChI=1S/C15H22N4O/c1-3-11(2)8-14-17-15(20-18-14)9-19-10-16-12-6-4-5-7-13(12)19/h10-11H,3-9H2,1-2H3. The molecule has 0 radical (unpaired) electrons. The van der Waals surface area contributed by atoms with Gasteiger partial charge in [-0.1, -0.05) is 25.4 Å². The summed E-state index contributed by atoms with van der Waals surface area (Å²) in [7, 11) is 0. The molecule has 0 saturated heterocycles. The summed E-state index contributed by atoms with van der Waals surface area (Å²) in [6.07, 6.45) is 8.66. The summed E-state index contributed by atoms with van der Waals surface area (Å²) in [5.41, 5.74) is 2.59. The van der Waals surface area contributed by atoms with Crippen molar-refractivity contribution in [3.63, 3.8) is 0 Å². The van der Waals surface area contributed by atoms with Crippen LogP contribution in [0, 0.1) is 5.92 Å². The van der Waals surface area contributed by atoms with Crippen molar-refractivity contribution in [2.45, 2.75) is 58.9 Å². The third-order valence-electron chi connectivity index (χ3n) is 4.15. The molecule has 1 unspecified atom stereocenters. The molecule has 0 aromatic carbocycles. The van der Waals surface area contributed by atoms with E-state index in [9.17, 15) is 0 Å². The Labute approximate surface area is 119 Å². The quantitative estimate of drug-likeness (QED) is 0.841. The first-order valence-electron chi connectivity index (χ1n) is 7.60. The first kappa shape index (κ1) is 13.3. The van der Waals surface area contributed by atoms with E-state index < -0.39 is 0 Å². The van der Waals surface area contributed by atoms with E-state index in [2.05, 4.69) is 33.5 Å². The summed E-state index contributed by atoms with van der Waals surface area (Å²) < 4.78 is 7.53. The van der Waals surface area contributed by atoms with Crippen molar-refractivity contribution in [1.82, 2.24) is 19.7 Å². The van der Waals surface area contributed by atoms with Gasteiger partial charge in [0.2, 0.25) is 5.89 Å². The van der Waals surface area contributed by atoms with Gasteiger partial charge in [-0.25, -0.2) is 4.98 Å². The van der Waals surface area contributed by atoms with Crippen molar-refractivity contribution in [3.8, 4) is 0 Å². The molecule has 0 aliphatic heterocycles. The van der Waals surface area contributed by atoms with E-state index in [1.54, 1.807) is 0 Å². The van der Waals surface area contributed by atoms with Crippen LogP contribution in [-0.2, 0) is 25.8 Å². The zero-order valence-electron chi connectivity index (χ0n) is 12.3. The lowest BCUT2D eigenvalue weighted by Gasteiger charge is -2.12. The average molecular weight is 274 g/mol. The van der Waals surface area contributed by atoms with Crippen LogP contribution in [0.25, 0.3) is 0 Å². The Balaban J connectivity index is 1.70. The van der Waals surface area contributed by atoms with Crippen LogP contribution >= 0.6 is 0 Å². The largest absolute Gasteiger partial charge is 0.337 e. The molecule has 5 heteroatoms. The van der Waals surface area contributed by atoms with Crippen molar-refractivity contribution in [1.29, 1.82) is 0 Å². The summed E-state index contributed by atoms with van der Waals surface area (Å²) in [5.74, 6) is 2.11. The predicted octanol–water partition coefficient (Wildman–Crippen LogP) is 2.78. The molecule has 0 spiro atoms. The normalized spacial score (nSPS) is 16.1. The van der Waals surface area contributed by atoms with E-state index in [4.69, 9.17) is 4.52 Å². The van der Waals surface area contributed by atoms with Crippen molar-refractivity contribution in [2.24, 2.45) is 5.92 Å². The van der Waals surface area contributed by atoms with E-state index in [-0.39, 0.29) is 0 Å². The van der Waals surface area contributed by atoms with Gasteiger partial charge in [0.15, 0.2) is 5.82 Å². The van der Waals surface area contributed by atoms with Gasteiger partial charge in [-0.2, -0.15) is 4.98 Å². The number of hydrogen-bond donors (Lipinski definition) is 0. The van der Waals surface area contributed by atoms with E-state index in [1.165, 1.54) is 24.2 Å². The van der Waals surface area contributed by atoms with Gasteiger partial charge in [-0.15, -0.1) is 0 Å². The average Bonchev–Trinajstić information content (AvgIpc) is 3.07. The van der Waals surface area contributed by atoms with Crippen LogP contribution in [0.1, 0.15) is 56.2 Å². The van der Waals surface area contributed by atoms with Gasteiger partial charge in [0.25, 0.3) is 0 Å². The number of imidazole rings is 1. The Morgan fingerprint density at radius 3 is 3.05 bits per heavy atom. The Morgan fingerprint density at radius 2 is 2.20 bits per heavy atom. The molecule has 0 fully saturated rings. The number of hydrogen-bond acceptors (Lipinski definition) is 4. The highest BCUT2D eigenvalue weighted by molar-refractivity contribution is 5.17. The van der Waals surface area contributed by atoms with E-state index in [0.717, 1.165) is 31.5 Å². The van der Waals surface area contributed by atoms with Gasteiger partial charge in [0, 0.05) is 12.1 Å². The zero-order chi connectivity index (χ0) is 13.9. The third kappa shape index (κ3) is 2.76. The molecule has 2 aromatic rings. The second-order valence-electron chi connectivity index (χ2n) is 5.79. The lowest BCUT2D eigenvalue weighted by Crippen LogP contribution is -2.09. The monoisotopic (exact) mass is 274 g/mol. The fourth-order valence-corrected chi connectivity index (χ4v) is 2.71. The predicted molar refractivity (Wildman–Crippen MR) is 75.4 cm³/mol. The van der Waals surface area contributed by atoms with Crippen LogP contribution < -0.4 is 0 Å². The van der Waals surface area contributed by atoms with E-state index >= 15 is 0 Å². The molecule has 1 aliphatic carbocycles. The molecule has 0 saturated carbocycles. The van der Waals surface area contributed by atoms with Crippen LogP contribution in [0.15, 0.2) is 10.9 Å². The molecule has 0 amide bonds. The third-order valence-corrected chi connectivity index (χ3v) is 4.15. The summed E-state index contributed by atoms with van der Waals surface area (Å²) in [6.45, 7) is 5.04. The Bertz CT molecular complexity index is 572. The lowest BCUT2D eigenvalue weighted by atomic mass is 10.0. The highest BCUT2D eigenvalue weighted by atomic mass is 16.5. The number of rotatable bonds is 5. The summed E-state index contributed by atoms with van der Waals surface area (Å²) in [5, 5.41) is 4.08. The maximum Gasteiger partial charge on any atom is 0.246 e. The number of fused-ring (bicyclic) bond motifs is 1. The zero-order valence-corrected chi connectivity index (χ0v) is 12.3. The van der Waals surface area contributed by atoms with Gasteiger partial charge >= 0.3 is 0 Å². The van der Waals surface area contributed by atoms with Crippen molar-refractivity contribution in [2.75, 3.05) is 0 Å². The second kappa shape index (κ2) is 5.77. The Kier molecular flexibility index (Phi) is 3.85. The molecule has 0 bridgehead atoms. The smallest absolute Gasteiger partial charge is 0.246 e. The molecule has 20 heavy (non-hydrogen) atoms. The minimum atomic E-state index is 0.599. The van der Waals surface area contributed by atoms with Gasteiger partial charge in [0.05, 0.1) is 12.0 Å². The van der Waals surface area contributed by atoms with E-state index in [0.29, 0.717) is 18.4 Å². The molecule has 3 rings (SSSR count). The number of aryl methyl sites for hydroxylation is 1. The second-order valence-corrected chi connectivity index (χ2v) is 5.79. The summed E-state index contributed by atoms with van der Waals surface area (Å²) in [4.78, 5) is 8.99. The highest BCUT2D eigenvalue weighted by Crippen LogP contribution is 2.20. The highest BCUT2D eigenvalue weighted by Gasteiger charge is 2.17.